The van der Waals surface area contributed by atoms with Crippen LogP contribution in [0, 0.1) is 0 Å². The Kier molecular flexibility index (Phi) is 12.4. The van der Waals surface area contributed by atoms with Crippen LogP contribution in [0.25, 0.3) is 0 Å². The molecule has 0 unspecified atom stereocenters. The van der Waals surface area contributed by atoms with Crippen molar-refractivity contribution in [2.45, 2.75) is 50.0 Å². The third kappa shape index (κ3) is 9.07. The van der Waals surface area contributed by atoms with Gasteiger partial charge in [-0.1, -0.05) is 6.92 Å². The van der Waals surface area contributed by atoms with E-state index in [0.29, 0.717) is 0 Å². The predicted molar refractivity (Wildman–Crippen MR) is 118 cm³/mol. The number of nitrogens with one attached hydrogen (secondary N) is 2. The Hall–Kier alpha value is 0.660. The van der Waals surface area contributed by atoms with Gasteiger partial charge in [0.1, 0.15) is 0 Å². The number of guanidine groups is 1. The monoisotopic (exact) mass is 475 g/mol. The number of nitrogens with zero attached hydrogens (tertiary/aromatic N) is 1. The van der Waals surface area contributed by atoms with Crippen LogP contribution in [0.5, 0.6) is 0 Å². The fourth-order valence-corrected chi connectivity index (χ4v) is 3.78. The van der Waals surface area contributed by atoms with Gasteiger partial charge in [-0.15, -0.1) is 24.0 Å². The van der Waals surface area contributed by atoms with E-state index in [4.69, 9.17) is 9.73 Å². The van der Waals surface area contributed by atoms with E-state index in [0.717, 1.165) is 57.4 Å². The lowest BCUT2D eigenvalue weighted by molar-refractivity contribution is 0.0782. The predicted octanol–water partition coefficient (Wildman–Crippen LogP) is 3.60. The molecule has 0 amide bonds. The smallest absolute Gasteiger partial charge is 0.191 e. The van der Waals surface area contributed by atoms with E-state index >= 15 is 0 Å². The molecular formula is C16H34IN3OS2. The molecule has 0 aromatic rings. The standard InChI is InChI=1S/C16H33N3OS2.HI/c1-6-17-14(18-12-15(3,4)21-5)19-13-16(22-7-2)8-10-20-11-9-16;/h6-13H2,1-5H3,(H2,17,18,19);1H. The molecule has 1 fully saturated rings. The average Bonchev–Trinajstić information content (AvgIpc) is 2.51. The maximum atomic E-state index is 5.54. The first-order valence-corrected chi connectivity index (χ1v) is 10.5. The van der Waals surface area contributed by atoms with Gasteiger partial charge in [0, 0.05) is 35.8 Å². The summed E-state index contributed by atoms with van der Waals surface area (Å²) in [6, 6.07) is 0. The number of thioether (sulfide) groups is 2. The molecule has 23 heavy (non-hydrogen) atoms. The first-order chi connectivity index (χ1) is 10.5. The van der Waals surface area contributed by atoms with Crippen molar-refractivity contribution in [1.82, 2.24) is 10.6 Å². The van der Waals surface area contributed by atoms with Crippen LogP contribution in [0.4, 0.5) is 0 Å². The number of halogens is 1. The first kappa shape index (κ1) is 23.7. The largest absolute Gasteiger partial charge is 0.381 e. The summed E-state index contributed by atoms with van der Waals surface area (Å²) in [6.07, 6.45) is 4.38. The summed E-state index contributed by atoms with van der Waals surface area (Å²) in [5.74, 6) is 2.08. The minimum absolute atomic E-state index is 0. The number of ether oxygens (including phenoxy) is 1. The number of rotatable bonds is 8. The molecule has 0 bridgehead atoms. The highest BCUT2D eigenvalue weighted by molar-refractivity contribution is 14.0. The first-order valence-electron chi connectivity index (χ1n) is 8.26. The van der Waals surface area contributed by atoms with Crippen molar-refractivity contribution in [2.24, 2.45) is 4.99 Å². The SMILES string of the molecule is CCNC(=NCC(C)(C)SC)NCC1(SCC)CCOCC1.I. The summed E-state index contributed by atoms with van der Waals surface area (Å²) in [6.45, 7) is 13.2. The van der Waals surface area contributed by atoms with Crippen LogP contribution in [0.1, 0.15) is 40.5 Å². The molecule has 0 radical (unpaired) electrons. The highest BCUT2D eigenvalue weighted by atomic mass is 127. The lowest BCUT2D eigenvalue weighted by Gasteiger charge is -2.37. The highest BCUT2D eigenvalue weighted by Crippen LogP contribution is 2.34. The van der Waals surface area contributed by atoms with E-state index in [1.165, 1.54) is 0 Å². The van der Waals surface area contributed by atoms with Crippen LogP contribution in [0.2, 0.25) is 0 Å². The molecule has 1 aliphatic heterocycles. The average molecular weight is 476 g/mol. The number of aliphatic imine (C=N–C) groups is 1. The van der Waals surface area contributed by atoms with Crippen molar-refractivity contribution >= 4 is 53.5 Å². The van der Waals surface area contributed by atoms with Gasteiger partial charge in [0.25, 0.3) is 0 Å². The Morgan fingerprint density at radius 1 is 1.22 bits per heavy atom. The second kappa shape index (κ2) is 12.1. The van der Waals surface area contributed by atoms with Crippen molar-refractivity contribution in [2.75, 3.05) is 44.9 Å². The van der Waals surface area contributed by atoms with Crippen LogP contribution < -0.4 is 10.6 Å². The van der Waals surface area contributed by atoms with Crippen LogP contribution in [0.3, 0.4) is 0 Å². The maximum absolute atomic E-state index is 5.54. The number of hydrogen-bond acceptors (Lipinski definition) is 4. The van der Waals surface area contributed by atoms with Crippen LogP contribution in [0.15, 0.2) is 4.99 Å². The Morgan fingerprint density at radius 3 is 2.39 bits per heavy atom. The van der Waals surface area contributed by atoms with Crippen LogP contribution in [-0.2, 0) is 4.74 Å². The molecule has 0 aromatic heterocycles. The van der Waals surface area contributed by atoms with Gasteiger partial charge in [-0.25, -0.2) is 0 Å². The molecule has 2 N–H and O–H groups in total. The fourth-order valence-electron chi connectivity index (χ4n) is 2.34. The van der Waals surface area contributed by atoms with Crippen molar-refractivity contribution in [1.29, 1.82) is 0 Å². The lowest BCUT2D eigenvalue weighted by atomic mass is 9.99. The molecule has 0 saturated carbocycles. The molecule has 7 heteroatoms. The number of hydrogen-bond donors (Lipinski definition) is 2. The normalized spacial score (nSPS) is 18.2. The molecule has 4 nitrogen and oxygen atoms in total. The molecule has 1 rings (SSSR count). The summed E-state index contributed by atoms with van der Waals surface area (Å²) in [7, 11) is 0. The molecular weight excluding hydrogens is 441 g/mol. The Balaban J connectivity index is 0.00000484. The molecule has 0 aromatic carbocycles. The molecule has 1 saturated heterocycles. The van der Waals surface area contributed by atoms with Gasteiger partial charge in [0.05, 0.1) is 6.54 Å². The molecule has 0 spiro atoms. The molecule has 0 atom stereocenters. The van der Waals surface area contributed by atoms with Crippen molar-refractivity contribution in [3.8, 4) is 0 Å². The van der Waals surface area contributed by atoms with Crippen LogP contribution in [-0.4, -0.2) is 60.3 Å². The van der Waals surface area contributed by atoms with E-state index in [2.05, 4.69) is 56.3 Å². The molecule has 0 aliphatic carbocycles. The van der Waals surface area contributed by atoms with Gasteiger partial charge in [-0.3, -0.25) is 4.99 Å². The van der Waals surface area contributed by atoms with Gasteiger partial charge < -0.3 is 15.4 Å². The summed E-state index contributed by atoms with van der Waals surface area (Å²) in [5.41, 5.74) is 0. The van der Waals surface area contributed by atoms with E-state index in [-0.39, 0.29) is 33.5 Å². The van der Waals surface area contributed by atoms with E-state index < -0.39 is 0 Å². The van der Waals surface area contributed by atoms with Gasteiger partial charge in [-0.05, 0) is 45.6 Å². The van der Waals surface area contributed by atoms with Gasteiger partial charge in [0.15, 0.2) is 5.96 Å². The fraction of sp³-hybridized carbons (Fsp3) is 0.938. The molecule has 1 aliphatic rings. The highest BCUT2D eigenvalue weighted by Gasteiger charge is 2.32. The van der Waals surface area contributed by atoms with Crippen molar-refractivity contribution in [3.63, 3.8) is 0 Å². The third-order valence-electron chi connectivity index (χ3n) is 3.95. The minimum atomic E-state index is 0. The summed E-state index contributed by atoms with van der Waals surface area (Å²) in [4.78, 5) is 4.76. The lowest BCUT2D eigenvalue weighted by Crippen LogP contribution is -2.48. The van der Waals surface area contributed by atoms with E-state index in [1.54, 1.807) is 0 Å². The summed E-state index contributed by atoms with van der Waals surface area (Å²) < 4.78 is 6.01. The van der Waals surface area contributed by atoms with E-state index in [9.17, 15) is 0 Å². The zero-order valence-electron chi connectivity index (χ0n) is 15.2. The quantitative estimate of drug-likeness (QED) is 0.319. The van der Waals surface area contributed by atoms with E-state index in [1.807, 2.05) is 11.8 Å². The zero-order chi connectivity index (χ0) is 16.5. The molecule has 1 heterocycles. The second-order valence-electron chi connectivity index (χ2n) is 6.24. The van der Waals surface area contributed by atoms with Crippen LogP contribution >= 0.6 is 47.5 Å². The Labute approximate surface area is 168 Å². The topological polar surface area (TPSA) is 45.7 Å². The van der Waals surface area contributed by atoms with Gasteiger partial charge in [-0.2, -0.15) is 23.5 Å². The summed E-state index contributed by atoms with van der Waals surface area (Å²) >= 11 is 3.92. The Morgan fingerprint density at radius 2 is 1.87 bits per heavy atom. The molecule has 138 valence electrons. The Bertz CT molecular complexity index is 343. The third-order valence-corrected chi connectivity index (χ3v) is 6.64. The van der Waals surface area contributed by atoms with Gasteiger partial charge >= 0.3 is 0 Å². The maximum Gasteiger partial charge on any atom is 0.191 e. The minimum Gasteiger partial charge on any atom is -0.381 e. The van der Waals surface area contributed by atoms with Crippen molar-refractivity contribution in [3.05, 3.63) is 0 Å². The second-order valence-corrected chi connectivity index (χ2v) is 9.49. The zero-order valence-corrected chi connectivity index (χ0v) is 19.2. The summed E-state index contributed by atoms with van der Waals surface area (Å²) in [5, 5.41) is 6.93. The van der Waals surface area contributed by atoms with Gasteiger partial charge in [0.2, 0.25) is 0 Å². The van der Waals surface area contributed by atoms with Crippen molar-refractivity contribution < 1.29 is 4.74 Å².